The molecule has 0 unspecified atom stereocenters. The van der Waals surface area contributed by atoms with Crippen molar-refractivity contribution in [2.75, 3.05) is 13.6 Å². The molecule has 1 aliphatic carbocycles. The lowest BCUT2D eigenvalue weighted by Crippen LogP contribution is -2.37. The summed E-state index contributed by atoms with van der Waals surface area (Å²) in [6, 6.07) is 10.3. The maximum absolute atomic E-state index is 12.4. The van der Waals surface area contributed by atoms with Crippen molar-refractivity contribution < 1.29 is 4.79 Å². The predicted molar refractivity (Wildman–Crippen MR) is 121 cm³/mol. The first-order chi connectivity index (χ1) is 14.0. The van der Waals surface area contributed by atoms with E-state index >= 15 is 0 Å². The lowest BCUT2D eigenvalue weighted by molar-refractivity contribution is -0.127. The number of fused-ring (bicyclic) bond motifs is 1. The quantitative estimate of drug-likeness (QED) is 0.502. The van der Waals surface area contributed by atoms with E-state index in [0.717, 1.165) is 38.8 Å². The van der Waals surface area contributed by atoms with Crippen LogP contribution in [-0.2, 0) is 11.3 Å². The van der Waals surface area contributed by atoms with Gasteiger partial charge in [0.1, 0.15) is 0 Å². The van der Waals surface area contributed by atoms with Crippen LogP contribution in [-0.4, -0.2) is 30.1 Å². The Hall–Kier alpha value is -2.37. The third-order valence-corrected chi connectivity index (χ3v) is 6.87. The first kappa shape index (κ1) is 19.9. The third kappa shape index (κ3) is 3.89. The van der Waals surface area contributed by atoms with Gasteiger partial charge in [0.05, 0.1) is 10.9 Å². The zero-order chi connectivity index (χ0) is 20.5. The molecule has 0 radical (unpaired) electrons. The van der Waals surface area contributed by atoms with Gasteiger partial charge in [-0.2, -0.15) is 0 Å². The Labute approximate surface area is 180 Å². The molecular formula is C23H24ClN3OS. The van der Waals surface area contributed by atoms with Crippen molar-refractivity contribution in [1.29, 1.82) is 5.41 Å². The second-order valence-electron chi connectivity index (χ2n) is 7.53. The number of thiophene rings is 1. The largest absolute Gasteiger partial charge is 0.393 e. The molecule has 1 atom stereocenters. The average Bonchev–Trinajstić information content (AvgIpc) is 3.51. The summed E-state index contributed by atoms with van der Waals surface area (Å²) in [6.45, 7) is 4.79. The summed E-state index contributed by atoms with van der Waals surface area (Å²) in [5.74, 6) is 0.285. The molecule has 6 heteroatoms. The van der Waals surface area contributed by atoms with Crippen molar-refractivity contribution in [3.63, 3.8) is 0 Å². The van der Waals surface area contributed by atoms with Gasteiger partial charge in [-0.05, 0) is 41.7 Å². The topological polar surface area (TPSA) is 56.2 Å². The summed E-state index contributed by atoms with van der Waals surface area (Å²) in [5, 5.41) is 11.8. The summed E-state index contributed by atoms with van der Waals surface area (Å²) in [7, 11) is 1.87. The van der Waals surface area contributed by atoms with Crippen LogP contribution in [0.3, 0.4) is 0 Å². The van der Waals surface area contributed by atoms with Crippen molar-refractivity contribution >= 4 is 40.1 Å². The van der Waals surface area contributed by atoms with Crippen LogP contribution >= 0.6 is 22.9 Å². The van der Waals surface area contributed by atoms with E-state index in [-0.39, 0.29) is 11.8 Å². The van der Waals surface area contributed by atoms with Crippen LogP contribution in [0.5, 0.6) is 0 Å². The molecule has 1 saturated carbocycles. The number of allylic oxidation sites excluding steroid dienone is 1. The summed E-state index contributed by atoms with van der Waals surface area (Å²) in [6.07, 6.45) is 5.46. The molecule has 29 heavy (non-hydrogen) atoms. The minimum Gasteiger partial charge on any atom is -0.393 e. The third-order valence-electron chi connectivity index (χ3n) is 5.60. The second-order valence-corrected chi connectivity index (χ2v) is 9.29. The number of nitrogens with zero attached hydrogens (tertiary/aromatic N) is 1. The molecule has 150 valence electrons. The number of rotatable bonds is 6. The monoisotopic (exact) mass is 425 g/mol. The van der Waals surface area contributed by atoms with E-state index in [1.165, 1.54) is 23.0 Å². The van der Waals surface area contributed by atoms with Crippen LogP contribution in [0.15, 0.2) is 49.2 Å². The Balaban J connectivity index is 1.82. The standard InChI is InChI=1S/C23H24ClN3OS/c1-3-22(28)27-12-19(17-10-21(24)29-20(17)13-27)16-7-5-4-6-15(16)18(11-26-2)23(25)14-8-9-14/h3-7,10-11,14,19,25-26H,1,8-9,12-13H2,2H3/b18-11-,25-23?/t19-/m1/s1. The number of nitrogens with one attached hydrogen (secondary N) is 2. The molecule has 4 nitrogen and oxygen atoms in total. The van der Waals surface area contributed by atoms with Crippen molar-refractivity contribution in [3.8, 4) is 0 Å². The minimum absolute atomic E-state index is 0.00913. The van der Waals surface area contributed by atoms with Crippen molar-refractivity contribution in [2.24, 2.45) is 5.92 Å². The van der Waals surface area contributed by atoms with E-state index in [9.17, 15) is 4.79 Å². The van der Waals surface area contributed by atoms with E-state index in [0.29, 0.717) is 24.7 Å². The van der Waals surface area contributed by atoms with Gasteiger partial charge in [-0.1, -0.05) is 42.4 Å². The van der Waals surface area contributed by atoms with Gasteiger partial charge in [0, 0.05) is 47.8 Å². The van der Waals surface area contributed by atoms with E-state index in [2.05, 4.69) is 24.0 Å². The highest BCUT2D eigenvalue weighted by molar-refractivity contribution is 7.16. The molecule has 2 aromatic rings. The van der Waals surface area contributed by atoms with Crippen LogP contribution < -0.4 is 5.32 Å². The molecule has 1 aromatic carbocycles. The Morgan fingerprint density at radius 3 is 2.79 bits per heavy atom. The number of carbonyl (C=O) groups is 1. The van der Waals surface area contributed by atoms with E-state index in [1.54, 1.807) is 0 Å². The Bertz CT molecular complexity index is 1010. The van der Waals surface area contributed by atoms with Crippen LogP contribution in [0.2, 0.25) is 4.34 Å². The fraction of sp³-hybridized carbons (Fsp3) is 0.304. The molecule has 0 bridgehead atoms. The Morgan fingerprint density at radius 1 is 1.34 bits per heavy atom. The normalized spacial score (nSPS) is 18.9. The lowest BCUT2D eigenvalue weighted by atomic mass is 9.82. The highest BCUT2D eigenvalue weighted by atomic mass is 35.5. The maximum atomic E-state index is 12.4. The van der Waals surface area contributed by atoms with E-state index in [1.807, 2.05) is 36.3 Å². The van der Waals surface area contributed by atoms with E-state index < -0.39 is 0 Å². The Kier molecular flexibility index (Phi) is 5.61. The fourth-order valence-electron chi connectivity index (χ4n) is 4.03. The second kappa shape index (κ2) is 8.17. The highest BCUT2D eigenvalue weighted by Crippen LogP contribution is 2.43. The van der Waals surface area contributed by atoms with Gasteiger partial charge in [-0.25, -0.2) is 0 Å². The Morgan fingerprint density at radius 2 is 2.10 bits per heavy atom. The zero-order valence-corrected chi connectivity index (χ0v) is 17.9. The highest BCUT2D eigenvalue weighted by Gasteiger charge is 2.34. The molecule has 1 aromatic heterocycles. The van der Waals surface area contributed by atoms with Crippen LogP contribution in [0.4, 0.5) is 0 Å². The molecule has 4 rings (SSSR count). The molecule has 1 fully saturated rings. The van der Waals surface area contributed by atoms with E-state index in [4.69, 9.17) is 17.0 Å². The summed E-state index contributed by atoms with van der Waals surface area (Å²) >= 11 is 7.89. The van der Waals surface area contributed by atoms with Crippen LogP contribution in [0.25, 0.3) is 5.57 Å². The van der Waals surface area contributed by atoms with Crippen LogP contribution in [0.1, 0.15) is 40.3 Å². The molecule has 1 aliphatic heterocycles. The zero-order valence-electron chi connectivity index (χ0n) is 16.4. The molecule has 0 saturated heterocycles. The first-order valence-corrected chi connectivity index (χ1v) is 11.0. The maximum Gasteiger partial charge on any atom is 0.246 e. The minimum atomic E-state index is -0.0700. The predicted octanol–water partition coefficient (Wildman–Crippen LogP) is 5.05. The van der Waals surface area contributed by atoms with Crippen LogP contribution in [0, 0.1) is 11.3 Å². The van der Waals surface area contributed by atoms with Gasteiger partial charge >= 0.3 is 0 Å². The number of amides is 1. The van der Waals surface area contributed by atoms with Crippen molar-refractivity contribution in [1.82, 2.24) is 10.2 Å². The molecule has 2 aliphatic rings. The summed E-state index contributed by atoms with van der Waals surface area (Å²) in [5.41, 5.74) is 4.97. The van der Waals surface area contributed by atoms with Gasteiger partial charge in [0.2, 0.25) is 5.91 Å². The lowest BCUT2D eigenvalue weighted by Gasteiger charge is -2.33. The first-order valence-electron chi connectivity index (χ1n) is 9.78. The summed E-state index contributed by atoms with van der Waals surface area (Å²) < 4.78 is 0.738. The number of halogens is 1. The average molecular weight is 426 g/mol. The van der Waals surface area contributed by atoms with Gasteiger partial charge in [0.15, 0.2) is 0 Å². The molecule has 2 heterocycles. The molecule has 2 N–H and O–H groups in total. The molecular weight excluding hydrogens is 402 g/mol. The number of hydrogen-bond acceptors (Lipinski definition) is 4. The van der Waals surface area contributed by atoms with Gasteiger partial charge in [-0.3, -0.25) is 4.79 Å². The fourth-order valence-corrected chi connectivity index (χ4v) is 5.39. The SMILES string of the molecule is C=CC(=O)N1Cc2sc(Cl)cc2[C@@H](c2ccccc2/C(=C/NC)C(=N)C2CC2)C1. The van der Waals surface area contributed by atoms with Gasteiger partial charge in [0.25, 0.3) is 0 Å². The van der Waals surface area contributed by atoms with Gasteiger partial charge < -0.3 is 15.6 Å². The number of hydrogen-bond donors (Lipinski definition) is 2. The summed E-state index contributed by atoms with van der Waals surface area (Å²) in [4.78, 5) is 15.4. The van der Waals surface area contributed by atoms with Crippen molar-refractivity contribution in [3.05, 3.63) is 75.1 Å². The smallest absolute Gasteiger partial charge is 0.246 e. The van der Waals surface area contributed by atoms with Gasteiger partial charge in [-0.15, -0.1) is 11.3 Å². The molecule has 1 amide bonds. The van der Waals surface area contributed by atoms with Crippen molar-refractivity contribution in [2.45, 2.75) is 25.3 Å². The number of carbonyl (C=O) groups excluding carboxylic acids is 1. The molecule has 0 spiro atoms. The number of benzene rings is 1.